The van der Waals surface area contributed by atoms with Crippen LogP contribution in [0.4, 0.5) is 0 Å². The lowest BCUT2D eigenvalue weighted by atomic mass is 10.2. The monoisotopic (exact) mass is 394 g/mol. The van der Waals surface area contributed by atoms with Gasteiger partial charge in [-0.2, -0.15) is 0 Å². The molecule has 0 aromatic heterocycles. The van der Waals surface area contributed by atoms with Gasteiger partial charge in [-0.1, -0.05) is 30.3 Å². The zero-order valence-electron chi connectivity index (χ0n) is 16.8. The Bertz CT molecular complexity index is 879. The number of methoxy groups -OCH3 is 1. The first-order valence-electron chi connectivity index (χ1n) is 9.55. The van der Waals surface area contributed by atoms with E-state index in [1.54, 1.807) is 7.11 Å². The standard InChI is InChI=1S/C24H26O5/c1-19-11-12-23(24(17-19)25-2)28-16-14-26-13-15-27-21-9-6-10-22(18-21)29-20-7-4-3-5-8-20/h3-12,17-18H,13-16H2,1-2H3. The van der Waals surface area contributed by atoms with Gasteiger partial charge in [-0.3, -0.25) is 0 Å². The minimum absolute atomic E-state index is 0.444. The molecule has 3 aromatic carbocycles. The molecule has 0 unspecified atom stereocenters. The fourth-order valence-corrected chi connectivity index (χ4v) is 2.68. The van der Waals surface area contributed by atoms with Crippen LogP contribution < -0.4 is 18.9 Å². The maximum atomic E-state index is 5.81. The van der Waals surface area contributed by atoms with Crippen molar-refractivity contribution < 1.29 is 23.7 Å². The Labute approximate surface area is 171 Å². The molecule has 0 heterocycles. The van der Waals surface area contributed by atoms with Gasteiger partial charge in [0.25, 0.3) is 0 Å². The van der Waals surface area contributed by atoms with Gasteiger partial charge in [-0.05, 0) is 48.9 Å². The molecule has 152 valence electrons. The second-order valence-corrected chi connectivity index (χ2v) is 6.35. The number of ether oxygens (including phenoxy) is 5. The van der Waals surface area contributed by atoms with Crippen LogP contribution in [0.15, 0.2) is 72.8 Å². The van der Waals surface area contributed by atoms with Gasteiger partial charge in [0.1, 0.15) is 30.5 Å². The first-order valence-corrected chi connectivity index (χ1v) is 9.55. The predicted octanol–water partition coefficient (Wildman–Crippen LogP) is 5.27. The van der Waals surface area contributed by atoms with Crippen molar-refractivity contribution in [3.05, 3.63) is 78.4 Å². The van der Waals surface area contributed by atoms with Gasteiger partial charge >= 0.3 is 0 Å². The van der Waals surface area contributed by atoms with Crippen LogP contribution in [0, 0.1) is 6.92 Å². The Balaban J connectivity index is 1.34. The lowest BCUT2D eigenvalue weighted by Gasteiger charge is -2.12. The summed E-state index contributed by atoms with van der Waals surface area (Å²) in [7, 11) is 1.63. The van der Waals surface area contributed by atoms with Crippen LogP contribution in [-0.4, -0.2) is 33.5 Å². The minimum Gasteiger partial charge on any atom is -0.493 e. The molecule has 3 rings (SSSR count). The van der Waals surface area contributed by atoms with Crippen molar-refractivity contribution in [1.29, 1.82) is 0 Å². The molecule has 5 nitrogen and oxygen atoms in total. The van der Waals surface area contributed by atoms with E-state index in [4.69, 9.17) is 23.7 Å². The summed E-state index contributed by atoms with van der Waals surface area (Å²) in [6, 6.07) is 23.0. The molecule has 0 radical (unpaired) electrons. The van der Waals surface area contributed by atoms with Crippen molar-refractivity contribution in [1.82, 2.24) is 0 Å². The molecule has 0 aliphatic carbocycles. The molecule has 5 heteroatoms. The SMILES string of the molecule is COc1cc(C)ccc1OCCOCCOc1cccc(Oc2ccccc2)c1. The molecule has 0 aliphatic heterocycles. The average molecular weight is 394 g/mol. The molecule has 0 aliphatic rings. The number of hydrogen-bond donors (Lipinski definition) is 0. The molecule has 0 saturated heterocycles. The van der Waals surface area contributed by atoms with Crippen molar-refractivity contribution in [2.45, 2.75) is 6.92 Å². The number of hydrogen-bond acceptors (Lipinski definition) is 5. The van der Waals surface area contributed by atoms with Crippen molar-refractivity contribution in [2.24, 2.45) is 0 Å². The van der Waals surface area contributed by atoms with Gasteiger partial charge < -0.3 is 23.7 Å². The third kappa shape index (κ3) is 6.73. The van der Waals surface area contributed by atoms with E-state index < -0.39 is 0 Å². The van der Waals surface area contributed by atoms with Crippen LogP contribution in [0.2, 0.25) is 0 Å². The zero-order valence-corrected chi connectivity index (χ0v) is 16.8. The maximum Gasteiger partial charge on any atom is 0.161 e. The van der Waals surface area contributed by atoms with Gasteiger partial charge in [0.15, 0.2) is 11.5 Å². The Morgan fingerprint density at radius 1 is 0.621 bits per heavy atom. The van der Waals surface area contributed by atoms with Crippen LogP contribution in [0.25, 0.3) is 0 Å². The van der Waals surface area contributed by atoms with E-state index in [2.05, 4.69) is 0 Å². The normalized spacial score (nSPS) is 10.4. The fraction of sp³-hybridized carbons (Fsp3) is 0.250. The maximum absolute atomic E-state index is 5.81. The lowest BCUT2D eigenvalue weighted by Crippen LogP contribution is -2.12. The average Bonchev–Trinajstić information content (AvgIpc) is 2.75. The van der Waals surface area contributed by atoms with E-state index in [-0.39, 0.29) is 0 Å². The molecular weight excluding hydrogens is 368 g/mol. The summed E-state index contributed by atoms with van der Waals surface area (Å²) < 4.78 is 28.2. The molecule has 0 atom stereocenters. The molecule has 0 N–H and O–H groups in total. The Morgan fingerprint density at radius 3 is 2.14 bits per heavy atom. The molecule has 0 bridgehead atoms. The van der Waals surface area contributed by atoms with Crippen LogP contribution in [0.3, 0.4) is 0 Å². The zero-order chi connectivity index (χ0) is 20.3. The van der Waals surface area contributed by atoms with Crippen molar-refractivity contribution in [3.8, 4) is 28.7 Å². The molecular formula is C24H26O5. The highest BCUT2D eigenvalue weighted by Gasteiger charge is 2.04. The summed E-state index contributed by atoms with van der Waals surface area (Å²) in [6.45, 7) is 3.84. The highest BCUT2D eigenvalue weighted by molar-refractivity contribution is 5.42. The summed E-state index contributed by atoms with van der Waals surface area (Å²) in [5.74, 6) is 3.70. The molecule has 3 aromatic rings. The molecule has 0 spiro atoms. The molecule has 0 saturated carbocycles. The fourth-order valence-electron chi connectivity index (χ4n) is 2.68. The van der Waals surface area contributed by atoms with Crippen molar-refractivity contribution in [3.63, 3.8) is 0 Å². The Morgan fingerprint density at radius 2 is 1.34 bits per heavy atom. The Hall–Kier alpha value is -3.18. The van der Waals surface area contributed by atoms with Crippen molar-refractivity contribution >= 4 is 0 Å². The van der Waals surface area contributed by atoms with Gasteiger partial charge in [0.2, 0.25) is 0 Å². The summed E-state index contributed by atoms with van der Waals surface area (Å²) in [5.41, 5.74) is 1.13. The smallest absolute Gasteiger partial charge is 0.161 e. The summed E-state index contributed by atoms with van der Waals surface area (Å²) in [4.78, 5) is 0. The summed E-state index contributed by atoms with van der Waals surface area (Å²) >= 11 is 0. The molecule has 29 heavy (non-hydrogen) atoms. The van der Waals surface area contributed by atoms with Gasteiger partial charge in [-0.25, -0.2) is 0 Å². The van der Waals surface area contributed by atoms with E-state index in [0.29, 0.717) is 32.2 Å². The van der Waals surface area contributed by atoms with E-state index in [9.17, 15) is 0 Å². The molecule has 0 amide bonds. The second-order valence-electron chi connectivity index (χ2n) is 6.35. The number of aryl methyl sites for hydroxylation is 1. The van der Waals surface area contributed by atoms with Crippen LogP contribution in [0.1, 0.15) is 5.56 Å². The van der Waals surface area contributed by atoms with Crippen LogP contribution in [0.5, 0.6) is 28.7 Å². The van der Waals surface area contributed by atoms with Crippen molar-refractivity contribution in [2.75, 3.05) is 33.5 Å². The van der Waals surface area contributed by atoms with E-state index in [1.807, 2.05) is 79.7 Å². The Kier molecular flexibility index (Phi) is 7.78. The van der Waals surface area contributed by atoms with Crippen LogP contribution >= 0.6 is 0 Å². The highest BCUT2D eigenvalue weighted by atomic mass is 16.6. The molecule has 0 fully saturated rings. The van der Waals surface area contributed by atoms with E-state index >= 15 is 0 Å². The number of rotatable bonds is 11. The third-order valence-electron chi connectivity index (χ3n) is 4.09. The third-order valence-corrected chi connectivity index (χ3v) is 4.09. The van der Waals surface area contributed by atoms with E-state index in [1.165, 1.54) is 0 Å². The first kappa shape index (κ1) is 20.6. The topological polar surface area (TPSA) is 46.2 Å². The van der Waals surface area contributed by atoms with Gasteiger partial charge in [0, 0.05) is 6.07 Å². The summed E-state index contributed by atoms with van der Waals surface area (Å²) in [5, 5.41) is 0. The predicted molar refractivity (Wildman–Crippen MR) is 112 cm³/mol. The van der Waals surface area contributed by atoms with Crippen LogP contribution in [-0.2, 0) is 4.74 Å². The number of benzene rings is 3. The van der Waals surface area contributed by atoms with E-state index in [0.717, 1.165) is 28.6 Å². The quantitative estimate of drug-likeness (QED) is 0.415. The van der Waals surface area contributed by atoms with Gasteiger partial charge in [-0.15, -0.1) is 0 Å². The first-order chi connectivity index (χ1) is 14.2. The number of para-hydroxylation sites is 1. The minimum atomic E-state index is 0.444. The second kappa shape index (κ2) is 11.0. The largest absolute Gasteiger partial charge is 0.493 e. The lowest BCUT2D eigenvalue weighted by molar-refractivity contribution is 0.0757. The highest BCUT2D eigenvalue weighted by Crippen LogP contribution is 2.27. The summed E-state index contributed by atoms with van der Waals surface area (Å²) in [6.07, 6.45) is 0. The van der Waals surface area contributed by atoms with Gasteiger partial charge in [0.05, 0.1) is 20.3 Å².